The lowest BCUT2D eigenvalue weighted by molar-refractivity contribution is -0.141. The average molecular weight is 159 g/mol. The zero-order valence-electron chi connectivity index (χ0n) is 5.83. The highest BCUT2D eigenvalue weighted by molar-refractivity contribution is 5.83. The van der Waals surface area contributed by atoms with Crippen molar-refractivity contribution >= 4 is 11.9 Å². The van der Waals surface area contributed by atoms with Crippen molar-refractivity contribution in [3.63, 3.8) is 0 Å². The number of carboxylic acids is 2. The lowest BCUT2D eigenvalue weighted by Crippen LogP contribution is -2.28. The van der Waals surface area contributed by atoms with Gasteiger partial charge in [-0.25, -0.2) is 0 Å². The molecule has 0 saturated carbocycles. The van der Waals surface area contributed by atoms with Gasteiger partial charge in [0.1, 0.15) is 5.54 Å². The van der Waals surface area contributed by atoms with Crippen LogP contribution in [0.3, 0.4) is 0 Å². The molecule has 5 nitrogen and oxygen atoms in total. The molecule has 1 saturated heterocycles. The van der Waals surface area contributed by atoms with E-state index in [-0.39, 0.29) is 12.8 Å². The van der Waals surface area contributed by atoms with Crippen molar-refractivity contribution in [3.8, 4) is 0 Å². The third-order valence-corrected chi connectivity index (χ3v) is 1.78. The molecule has 0 unspecified atom stereocenters. The minimum Gasteiger partial charge on any atom is -0.481 e. The smallest absolute Gasteiger partial charge is 0.325 e. The summed E-state index contributed by atoms with van der Waals surface area (Å²) in [6.07, 6.45) is 0.0664. The average Bonchev–Trinajstić information content (AvgIpc) is 2.63. The van der Waals surface area contributed by atoms with Gasteiger partial charge in [0, 0.05) is 13.0 Å². The van der Waals surface area contributed by atoms with E-state index in [1.165, 1.54) is 0 Å². The van der Waals surface area contributed by atoms with Crippen LogP contribution in [0.1, 0.15) is 12.8 Å². The molecular weight excluding hydrogens is 150 g/mol. The van der Waals surface area contributed by atoms with Crippen LogP contribution < -0.4 is 5.32 Å². The van der Waals surface area contributed by atoms with Crippen molar-refractivity contribution in [1.29, 1.82) is 0 Å². The van der Waals surface area contributed by atoms with Gasteiger partial charge in [-0.1, -0.05) is 0 Å². The SMILES string of the molecule is O=C(O)CC[C@]1(C(=O)O)CN1. The molecule has 1 heterocycles. The fourth-order valence-electron chi connectivity index (χ4n) is 0.862. The standard InChI is InChI=1S/C6H9NO4/c8-4(9)1-2-6(3-7-6)5(10)11/h7H,1-3H2,(H,8,9)(H,10,11)/t6-/m1/s1. The molecule has 0 aliphatic carbocycles. The van der Waals surface area contributed by atoms with Crippen molar-refractivity contribution in [1.82, 2.24) is 5.32 Å². The Kier molecular flexibility index (Phi) is 1.82. The lowest BCUT2D eigenvalue weighted by atomic mass is 10.0. The first kappa shape index (κ1) is 8.00. The topological polar surface area (TPSA) is 96.5 Å². The number of nitrogens with one attached hydrogen (secondary N) is 1. The number of hydrogen-bond donors (Lipinski definition) is 3. The summed E-state index contributed by atoms with van der Waals surface area (Å²) in [5.74, 6) is -1.92. The molecule has 0 aromatic carbocycles. The summed E-state index contributed by atoms with van der Waals surface area (Å²) in [5, 5.41) is 19.5. The first-order valence-electron chi connectivity index (χ1n) is 3.27. The Morgan fingerprint density at radius 3 is 2.27 bits per heavy atom. The summed E-state index contributed by atoms with van der Waals surface area (Å²) < 4.78 is 0. The predicted octanol–water partition coefficient (Wildman–Crippen LogP) is -0.722. The highest BCUT2D eigenvalue weighted by Gasteiger charge is 2.49. The van der Waals surface area contributed by atoms with Crippen molar-refractivity contribution in [2.75, 3.05) is 6.54 Å². The van der Waals surface area contributed by atoms with Crippen LogP contribution in [0.4, 0.5) is 0 Å². The van der Waals surface area contributed by atoms with Crippen molar-refractivity contribution < 1.29 is 19.8 Å². The fourth-order valence-corrected chi connectivity index (χ4v) is 0.862. The molecule has 0 spiro atoms. The molecule has 0 amide bonds. The van der Waals surface area contributed by atoms with E-state index < -0.39 is 17.5 Å². The van der Waals surface area contributed by atoms with Crippen LogP contribution in [0.15, 0.2) is 0 Å². The molecule has 1 rings (SSSR count). The first-order chi connectivity index (χ1) is 5.07. The van der Waals surface area contributed by atoms with Gasteiger partial charge in [-0.2, -0.15) is 0 Å². The zero-order valence-corrected chi connectivity index (χ0v) is 5.83. The molecule has 1 fully saturated rings. The Hall–Kier alpha value is -1.10. The summed E-state index contributed by atoms with van der Waals surface area (Å²) >= 11 is 0. The number of rotatable bonds is 4. The highest BCUT2D eigenvalue weighted by atomic mass is 16.4. The molecule has 62 valence electrons. The quantitative estimate of drug-likeness (QED) is 0.470. The maximum Gasteiger partial charge on any atom is 0.325 e. The van der Waals surface area contributed by atoms with Crippen molar-refractivity contribution in [3.05, 3.63) is 0 Å². The second-order valence-corrected chi connectivity index (χ2v) is 2.63. The van der Waals surface area contributed by atoms with Gasteiger partial charge in [0.05, 0.1) is 0 Å². The van der Waals surface area contributed by atoms with Gasteiger partial charge in [0.2, 0.25) is 0 Å². The van der Waals surface area contributed by atoms with Gasteiger partial charge < -0.3 is 10.2 Å². The molecule has 0 aromatic heterocycles. The van der Waals surface area contributed by atoms with Crippen LogP contribution >= 0.6 is 0 Å². The van der Waals surface area contributed by atoms with Gasteiger partial charge in [0.25, 0.3) is 0 Å². The predicted molar refractivity (Wildman–Crippen MR) is 35.2 cm³/mol. The lowest BCUT2D eigenvalue weighted by Gasteiger charge is -2.03. The third kappa shape index (κ3) is 1.68. The van der Waals surface area contributed by atoms with Crippen LogP contribution in [0.5, 0.6) is 0 Å². The van der Waals surface area contributed by atoms with Crippen LogP contribution in [0.25, 0.3) is 0 Å². The Balaban J connectivity index is 2.36. The van der Waals surface area contributed by atoms with Crippen LogP contribution in [-0.4, -0.2) is 34.2 Å². The van der Waals surface area contributed by atoms with Gasteiger partial charge >= 0.3 is 11.9 Å². The summed E-state index contributed by atoms with van der Waals surface area (Å²) in [6.45, 7) is 0.385. The van der Waals surface area contributed by atoms with E-state index in [2.05, 4.69) is 5.32 Å². The molecule has 1 atom stereocenters. The van der Waals surface area contributed by atoms with Crippen molar-refractivity contribution in [2.45, 2.75) is 18.4 Å². The maximum atomic E-state index is 10.4. The van der Waals surface area contributed by atoms with E-state index in [0.29, 0.717) is 6.54 Å². The van der Waals surface area contributed by atoms with Gasteiger partial charge in [-0.3, -0.25) is 14.9 Å². The fraction of sp³-hybridized carbons (Fsp3) is 0.667. The summed E-state index contributed by atoms with van der Waals surface area (Å²) in [7, 11) is 0. The van der Waals surface area contributed by atoms with E-state index in [1.54, 1.807) is 0 Å². The van der Waals surface area contributed by atoms with Crippen molar-refractivity contribution in [2.24, 2.45) is 0 Å². The van der Waals surface area contributed by atoms with E-state index in [1.807, 2.05) is 0 Å². The Bertz CT molecular complexity index is 197. The van der Waals surface area contributed by atoms with Crippen LogP contribution in [-0.2, 0) is 9.59 Å². The van der Waals surface area contributed by atoms with Gasteiger partial charge in [-0.15, -0.1) is 0 Å². The molecule has 11 heavy (non-hydrogen) atoms. The highest BCUT2D eigenvalue weighted by Crippen LogP contribution is 2.23. The van der Waals surface area contributed by atoms with Gasteiger partial charge in [-0.05, 0) is 6.42 Å². The molecule has 1 aliphatic rings. The number of aliphatic carboxylic acids is 2. The maximum absolute atomic E-state index is 10.4. The summed E-state index contributed by atoms with van der Waals surface area (Å²) in [6, 6.07) is 0. The molecule has 0 radical (unpaired) electrons. The largest absolute Gasteiger partial charge is 0.481 e. The summed E-state index contributed by atoms with van der Waals surface area (Å²) in [4.78, 5) is 20.5. The Morgan fingerprint density at radius 2 is 2.00 bits per heavy atom. The molecule has 0 bridgehead atoms. The van der Waals surface area contributed by atoms with Gasteiger partial charge in [0.15, 0.2) is 0 Å². The third-order valence-electron chi connectivity index (χ3n) is 1.78. The molecule has 5 heteroatoms. The first-order valence-corrected chi connectivity index (χ1v) is 3.27. The molecular formula is C6H9NO4. The monoisotopic (exact) mass is 159 g/mol. The zero-order chi connectivity index (χ0) is 8.48. The van der Waals surface area contributed by atoms with E-state index in [0.717, 1.165) is 0 Å². The Morgan fingerprint density at radius 1 is 1.45 bits per heavy atom. The number of carboxylic acid groups (broad SMARTS) is 2. The number of hydrogen-bond acceptors (Lipinski definition) is 3. The second kappa shape index (κ2) is 2.50. The Labute approximate surface area is 63.0 Å². The number of carbonyl (C=O) groups is 2. The van der Waals surface area contributed by atoms with E-state index in [4.69, 9.17) is 10.2 Å². The summed E-state index contributed by atoms with van der Waals surface area (Å²) in [5.41, 5.74) is -0.932. The normalized spacial score (nSPS) is 28.0. The second-order valence-electron chi connectivity index (χ2n) is 2.63. The molecule has 3 N–H and O–H groups in total. The minimum atomic E-state index is -0.959. The minimum absolute atomic E-state index is 0.0979. The molecule has 0 aromatic rings. The van der Waals surface area contributed by atoms with E-state index >= 15 is 0 Å². The van der Waals surface area contributed by atoms with E-state index in [9.17, 15) is 9.59 Å². The molecule has 1 aliphatic heterocycles. The van der Waals surface area contributed by atoms with Crippen LogP contribution in [0.2, 0.25) is 0 Å². The van der Waals surface area contributed by atoms with Crippen LogP contribution in [0, 0.1) is 0 Å².